The maximum atomic E-state index is 11.6. The first-order valence-corrected chi connectivity index (χ1v) is 12.3. The Morgan fingerprint density at radius 1 is 1.18 bits per heavy atom. The van der Waals surface area contributed by atoms with Gasteiger partial charge in [0.15, 0.2) is 15.8 Å². The highest BCUT2D eigenvalue weighted by molar-refractivity contribution is 7.90. The van der Waals surface area contributed by atoms with Crippen LogP contribution in [0.1, 0.15) is 29.3 Å². The number of benzene rings is 1. The summed E-state index contributed by atoms with van der Waals surface area (Å²) >= 11 is 1.80. The van der Waals surface area contributed by atoms with Crippen molar-refractivity contribution < 1.29 is 8.42 Å². The van der Waals surface area contributed by atoms with Crippen molar-refractivity contribution in [2.75, 3.05) is 32.9 Å². The van der Waals surface area contributed by atoms with E-state index in [2.05, 4.69) is 38.0 Å². The SMILES string of the molecule is CN=C(NCc1ccc(S(C)(=O)=O)cc1)NCC(c1cccs1)N1CCCC1. The molecule has 0 bridgehead atoms. The summed E-state index contributed by atoms with van der Waals surface area (Å²) in [6.07, 6.45) is 3.74. The third-order valence-corrected chi connectivity index (χ3v) is 7.05. The molecule has 0 aliphatic carbocycles. The van der Waals surface area contributed by atoms with Crippen LogP contribution >= 0.6 is 11.3 Å². The third-order valence-electron chi connectivity index (χ3n) is 4.95. The molecule has 1 unspecified atom stereocenters. The number of hydrogen-bond donors (Lipinski definition) is 2. The van der Waals surface area contributed by atoms with E-state index in [9.17, 15) is 8.42 Å². The highest BCUT2D eigenvalue weighted by Gasteiger charge is 2.24. The fourth-order valence-corrected chi connectivity index (χ4v) is 4.89. The summed E-state index contributed by atoms with van der Waals surface area (Å²) in [5.41, 5.74) is 1.00. The van der Waals surface area contributed by atoms with E-state index in [1.54, 1.807) is 30.5 Å². The number of rotatable bonds is 7. The van der Waals surface area contributed by atoms with Crippen LogP contribution in [0.15, 0.2) is 51.7 Å². The summed E-state index contributed by atoms with van der Waals surface area (Å²) < 4.78 is 23.1. The summed E-state index contributed by atoms with van der Waals surface area (Å²) in [5.74, 6) is 0.743. The minimum Gasteiger partial charge on any atom is -0.354 e. The van der Waals surface area contributed by atoms with Gasteiger partial charge in [0.2, 0.25) is 0 Å². The molecule has 3 rings (SSSR count). The molecule has 2 heterocycles. The molecule has 1 fully saturated rings. The minimum atomic E-state index is -3.16. The molecule has 1 aromatic heterocycles. The second kappa shape index (κ2) is 9.54. The predicted molar refractivity (Wildman–Crippen MR) is 116 cm³/mol. The second-order valence-electron chi connectivity index (χ2n) is 7.00. The molecule has 1 aliphatic heterocycles. The molecule has 1 saturated heterocycles. The molecule has 2 N–H and O–H groups in total. The van der Waals surface area contributed by atoms with Gasteiger partial charge in [-0.3, -0.25) is 9.89 Å². The maximum Gasteiger partial charge on any atom is 0.191 e. The molecule has 1 aliphatic rings. The number of guanidine groups is 1. The van der Waals surface area contributed by atoms with Crippen molar-refractivity contribution in [2.45, 2.75) is 30.3 Å². The predicted octanol–water partition coefficient (Wildman–Crippen LogP) is 2.65. The van der Waals surface area contributed by atoms with Gasteiger partial charge in [-0.05, 0) is 55.1 Å². The lowest BCUT2D eigenvalue weighted by molar-refractivity contribution is 0.249. The van der Waals surface area contributed by atoms with Crippen LogP contribution in [-0.4, -0.2) is 52.2 Å². The van der Waals surface area contributed by atoms with Crippen molar-refractivity contribution in [1.29, 1.82) is 0 Å². The molecule has 1 atom stereocenters. The summed E-state index contributed by atoms with van der Waals surface area (Å²) in [6, 6.07) is 11.6. The molecule has 0 radical (unpaired) electrons. The highest BCUT2D eigenvalue weighted by atomic mass is 32.2. The maximum absolute atomic E-state index is 11.6. The third kappa shape index (κ3) is 5.56. The Bertz CT molecular complexity index is 871. The second-order valence-corrected chi connectivity index (χ2v) is 9.99. The molecule has 28 heavy (non-hydrogen) atoms. The van der Waals surface area contributed by atoms with E-state index >= 15 is 0 Å². The standard InChI is InChI=1S/C20H28N4O2S2/c1-21-20(22-14-16-7-9-17(10-8-16)28(2,25)26)23-15-18(19-6-5-13-27-19)24-11-3-4-12-24/h5-10,13,18H,3-4,11-12,14-15H2,1-2H3,(H2,21,22,23). The van der Waals surface area contributed by atoms with Gasteiger partial charge in [0.05, 0.1) is 10.9 Å². The van der Waals surface area contributed by atoms with Gasteiger partial charge in [0.25, 0.3) is 0 Å². The number of nitrogens with zero attached hydrogens (tertiary/aromatic N) is 2. The lowest BCUT2D eigenvalue weighted by Gasteiger charge is -2.27. The van der Waals surface area contributed by atoms with E-state index in [-0.39, 0.29) is 0 Å². The van der Waals surface area contributed by atoms with Gasteiger partial charge in [0, 0.05) is 31.3 Å². The topological polar surface area (TPSA) is 73.8 Å². The molecular formula is C20H28N4O2S2. The zero-order valence-electron chi connectivity index (χ0n) is 16.4. The van der Waals surface area contributed by atoms with Gasteiger partial charge in [0.1, 0.15) is 0 Å². The fourth-order valence-electron chi connectivity index (χ4n) is 3.40. The van der Waals surface area contributed by atoms with E-state index in [0.717, 1.165) is 31.2 Å². The van der Waals surface area contributed by atoms with Crippen LogP contribution in [0.25, 0.3) is 0 Å². The number of likely N-dealkylation sites (tertiary alicyclic amines) is 1. The Labute approximate surface area is 171 Å². The number of nitrogens with one attached hydrogen (secondary N) is 2. The van der Waals surface area contributed by atoms with Crippen molar-refractivity contribution in [3.63, 3.8) is 0 Å². The molecule has 152 valence electrons. The fraction of sp³-hybridized carbons (Fsp3) is 0.450. The number of thiophene rings is 1. The van der Waals surface area contributed by atoms with E-state index < -0.39 is 9.84 Å². The van der Waals surface area contributed by atoms with Gasteiger partial charge >= 0.3 is 0 Å². The Morgan fingerprint density at radius 2 is 1.89 bits per heavy atom. The first-order chi connectivity index (χ1) is 13.5. The number of aliphatic imine (C=N–C) groups is 1. The molecule has 1 aromatic carbocycles. The molecule has 6 nitrogen and oxygen atoms in total. The van der Waals surface area contributed by atoms with Crippen LogP contribution in [0.5, 0.6) is 0 Å². The summed E-state index contributed by atoms with van der Waals surface area (Å²) in [7, 11) is -1.40. The van der Waals surface area contributed by atoms with E-state index in [1.807, 2.05) is 12.1 Å². The highest BCUT2D eigenvalue weighted by Crippen LogP contribution is 2.27. The van der Waals surface area contributed by atoms with Crippen molar-refractivity contribution >= 4 is 27.1 Å². The van der Waals surface area contributed by atoms with Crippen LogP contribution in [-0.2, 0) is 16.4 Å². The molecule has 0 spiro atoms. The van der Waals surface area contributed by atoms with Crippen molar-refractivity contribution in [2.24, 2.45) is 4.99 Å². The Morgan fingerprint density at radius 3 is 2.46 bits per heavy atom. The molecule has 8 heteroatoms. The molecular weight excluding hydrogens is 392 g/mol. The summed E-state index contributed by atoms with van der Waals surface area (Å²) in [6.45, 7) is 3.66. The van der Waals surface area contributed by atoms with Crippen LogP contribution in [0.3, 0.4) is 0 Å². The lowest BCUT2D eigenvalue weighted by atomic mass is 10.2. The van der Waals surface area contributed by atoms with Crippen molar-refractivity contribution in [3.8, 4) is 0 Å². The smallest absolute Gasteiger partial charge is 0.191 e. The van der Waals surface area contributed by atoms with Gasteiger partial charge in [-0.1, -0.05) is 18.2 Å². The largest absolute Gasteiger partial charge is 0.354 e. The summed E-state index contributed by atoms with van der Waals surface area (Å²) in [5, 5.41) is 8.89. The monoisotopic (exact) mass is 420 g/mol. The first-order valence-electron chi connectivity index (χ1n) is 9.48. The minimum absolute atomic E-state index is 0.336. The Hall–Kier alpha value is -1.90. The molecule has 2 aromatic rings. The zero-order valence-corrected chi connectivity index (χ0v) is 18.0. The zero-order chi connectivity index (χ0) is 20.0. The van der Waals surface area contributed by atoms with Gasteiger partial charge in [-0.15, -0.1) is 11.3 Å². The number of hydrogen-bond acceptors (Lipinski definition) is 5. The van der Waals surface area contributed by atoms with Crippen LogP contribution in [0.4, 0.5) is 0 Å². The van der Waals surface area contributed by atoms with Crippen molar-refractivity contribution in [1.82, 2.24) is 15.5 Å². The van der Waals surface area contributed by atoms with E-state index in [4.69, 9.17) is 0 Å². The van der Waals surface area contributed by atoms with Gasteiger partial charge < -0.3 is 10.6 Å². The van der Waals surface area contributed by atoms with Gasteiger partial charge in [-0.25, -0.2) is 8.42 Å². The molecule has 0 amide bonds. The number of sulfone groups is 1. The van der Waals surface area contributed by atoms with Gasteiger partial charge in [-0.2, -0.15) is 0 Å². The van der Waals surface area contributed by atoms with Crippen LogP contribution < -0.4 is 10.6 Å². The van der Waals surface area contributed by atoms with Crippen LogP contribution in [0, 0.1) is 0 Å². The first kappa shape index (κ1) is 20.8. The lowest BCUT2D eigenvalue weighted by Crippen LogP contribution is -2.42. The van der Waals surface area contributed by atoms with Crippen molar-refractivity contribution in [3.05, 3.63) is 52.2 Å². The average molecular weight is 421 g/mol. The van der Waals surface area contributed by atoms with Crippen LogP contribution in [0.2, 0.25) is 0 Å². The normalized spacial score (nSPS) is 16.9. The average Bonchev–Trinajstić information content (AvgIpc) is 3.38. The Kier molecular flexibility index (Phi) is 7.09. The Balaban J connectivity index is 1.56. The molecule has 0 saturated carbocycles. The van der Waals surface area contributed by atoms with E-state index in [1.165, 1.54) is 24.0 Å². The quantitative estimate of drug-likeness (QED) is 0.532. The van der Waals surface area contributed by atoms with E-state index in [0.29, 0.717) is 17.5 Å². The summed E-state index contributed by atoms with van der Waals surface area (Å²) in [4.78, 5) is 8.57.